The smallest absolute Gasteiger partial charge is 0.138 e. The van der Waals surface area contributed by atoms with Crippen LogP contribution >= 0.6 is 0 Å². The minimum absolute atomic E-state index is 0.960. The molecule has 2 nitrogen and oxygen atoms in total. The average Bonchev–Trinajstić information content (AvgIpc) is 2.63. The fraction of sp³-hybridized carbons (Fsp3) is 0.360. The summed E-state index contributed by atoms with van der Waals surface area (Å²) in [5.41, 5.74) is 8.79. The van der Waals surface area contributed by atoms with Crippen LogP contribution in [0.2, 0.25) is 0 Å². The second-order valence-corrected chi connectivity index (χ2v) is 7.61. The number of fused-ring (bicyclic) bond motifs is 1. The highest BCUT2D eigenvalue weighted by Crippen LogP contribution is 2.44. The second-order valence-electron chi connectivity index (χ2n) is 7.61. The van der Waals surface area contributed by atoms with Gasteiger partial charge in [0.1, 0.15) is 11.5 Å². The molecular weight excluding hydrogens is 330 g/mol. The van der Waals surface area contributed by atoms with Crippen LogP contribution < -0.4 is 4.74 Å². The Labute approximate surface area is 164 Å². The van der Waals surface area contributed by atoms with Gasteiger partial charge in [0.25, 0.3) is 0 Å². The van der Waals surface area contributed by atoms with Crippen molar-refractivity contribution < 1.29 is 4.74 Å². The van der Waals surface area contributed by atoms with Gasteiger partial charge in [-0.2, -0.15) is 0 Å². The third kappa shape index (κ3) is 3.95. The molecule has 3 rings (SSSR count). The molecule has 1 aliphatic carbocycles. The highest BCUT2D eigenvalue weighted by Gasteiger charge is 2.26. The zero-order valence-corrected chi connectivity index (χ0v) is 17.5. The number of ether oxygens (including phenoxy) is 1. The molecule has 27 heavy (non-hydrogen) atoms. The van der Waals surface area contributed by atoms with E-state index in [0.29, 0.717) is 0 Å². The Morgan fingerprint density at radius 3 is 2.59 bits per heavy atom. The van der Waals surface area contributed by atoms with Crippen LogP contribution in [0.15, 0.2) is 65.1 Å². The minimum atomic E-state index is 0.960. The van der Waals surface area contributed by atoms with Crippen molar-refractivity contribution in [3.63, 3.8) is 0 Å². The van der Waals surface area contributed by atoms with Crippen LogP contribution in [0.3, 0.4) is 0 Å². The maximum absolute atomic E-state index is 6.57. The van der Waals surface area contributed by atoms with Gasteiger partial charge in [0, 0.05) is 31.4 Å². The summed E-state index contributed by atoms with van der Waals surface area (Å²) in [4.78, 5) is 2.10. The Hall–Kier alpha value is -2.48. The van der Waals surface area contributed by atoms with Crippen LogP contribution in [0, 0.1) is 6.92 Å². The van der Waals surface area contributed by atoms with E-state index in [1.54, 1.807) is 0 Å². The fourth-order valence-corrected chi connectivity index (χ4v) is 3.87. The molecule has 0 radical (unpaired) electrons. The summed E-state index contributed by atoms with van der Waals surface area (Å²) in [7, 11) is 4.13. The summed E-state index contributed by atoms with van der Waals surface area (Å²) in [6, 6.07) is 4.52. The maximum Gasteiger partial charge on any atom is 0.138 e. The molecule has 0 unspecified atom stereocenters. The SMILES string of the molecule is CC/C=C1/C(C)=C(C2=C/C(=C/N(C)C)CC=C2)Oc2c(CC)cc(C)cc21. The molecule has 0 N–H and O–H groups in total. The van der Waals surface area contributed by atoms with Gasteiger partial charge in [-0.15, -0.1) is 0 Å². The third-order valence-electron chi connectivity index (χ3n) is 5.02. The molecule has 1 aromatic carbocycles. The summed E-state index contributed by atoms with van der Waals surface area (Å²) >= 11 is 0. The lowest BCUT2D eigenvalue weighted by molar-refractivity contribution is 0.422. The maximum atomic E-state index is 6.57. The lowest BCUT2D eigenvalue weighted by Gasteiger charge is -2.28. The molecule has 2 heteroatoms. The molecule has 2 aliphatic rings. The molecule has 0 fully saturated rings. The highest BCUT2D eigenvalue weighted by molar-refractivity contribution is 5.86. The van der Waals surface area contributed by atoms with Crippen LogP contribution in [-0.4, -0.2) is 19.0 Å². The van der Waals surface area contributed by atoms with Crippen molar-refractivity contribution >= 4 is 5.57 Å². The quantitative estimate of drug-likeness (QED) is 0.619. The minimum Gasteiger partial charge on any atom is -0.455 e. The van der Waals surface area contributed by atoms with Crippen LogP contribution in [-0.2, 0) is 6.42 Å². The second kappa shape index (κ2) is 8.04. The van der Waals surface area contributed by atoms with E-state index < -0.39 is 0 Å². The molecule has 1 aromatic rings. The number of rotatable bonds is 4. The van der Waals surface area contributed by atoms with E-state index in [1.807, 2.05) is 0 Å². The van der Waals surface area contributed by atoms with E-state index in [0.717, 1.165) is 36.3 Å². The van der Waals surface area contributed by atoms with E-state index in [4.69, 9.17) is 4.74 Å². The molecule has 142 valence electrons. The molecule has 0 atom stereocenters. The fourth-order valence-electron chi connectivity index (χ4n) is 3.87. The first-order chi connectivity index (χ1) is 12.9. The van der Waals surface area contributed by atoms with E-state index in [9.17, 15) is 0 Å². The topological polar surface area (TPSA) is 12.5 Å². The first kappa shape index (κ1) is 19.3. The van der Waals surface area contributed by atoms with Crippen molar-refractivity contribution in [2.75, 3.05) is 14.1 Å². The molecule has 0 spiro atoms. The largest absolute Gasteiger partial charge is 0.455 e. The van der Waals surface area contributed by atoms with Crippen molar-refractivity contribution in [1.82, 2.24) is 4.90 Å². The number of hydrogen-bond donors (Lipinski definition) is 0. The van der Waals surface area contributed by atoms with E-state index in [1.165, 1.54) is 33.4 Å². The molecular formula is C25H31NO. The van der Waals surface area contributed by atoms with E-state index in [2.05, 4.69) is 89.3 Å². The normalized spacial score (nSPS) is 19.3. The summed E-state index contributed by atoms with van der Waals surface area (Å²) in [5.74, 6) is 2.02. The summed E-state index contributed by atoms with van der Waals surface area (Å²) in [6.45, 7) is 8.75. The van der Waals surface area contributed by atoms with Crippen LogP contribution in [0.5, 0.6) is 5.75 Å². The molecule has 0 amide bonds. The van der Waals surface area contributed by atoms with Gasteiger partial charge in [0.2, 0.25) is 0 Å². The molecule has 0 bridgehead atoms. The zero-order valence-electron chi connectivity index (χ0n) is 17.5. The van der Waals surface area contributed by atoms with Crippen molar-refractivity contribution in [2.24, 2.45) is 0 Å². The standard InChI is InChI=1S/C25H31NO/c1-7-10-22-18(4)24(21-12-9-11-19(15-21)16-26(5)6)27-25-20(8-2)13-17(3)14-23(22)25/h9-10,12-16H,7-8,11H2,1-6H3/b19-16+,22-10-. The summed E-state index contributed by atoms with van der Waals surface area (Å²) in [6.07, 6.45) is 14.1. The number of hydrogen-bond acceptors (Lipinski definition) is 2. The van der Waals surface area contributed by atoms with Gasteiger partial charge in [-0.3, -0.25) is 0 Å². The van der Waals surface area contributed by atoms with Gasteiger partial charge in [0.15, 0.2) is 0 Å². The Kier molecular flexibility index (Phi) is 5.74. The number of nitrogens with zero attached hydrogens (tertiary/aromatic N) is 1. The third-order valence-corrected chi connectivity index (χ3v) is 5.02. The Morgan fingerprint density at radius 1 is 1.15 bits per heavy atom. The number of benzene rings is 1. The van der Waals surface area contributed by atoms with Gasteiger partial charge in [0.05, 0.1) is 0 Å². The predicted molar refractivity (Wildman–Crippen MR) is 116 cm³/mol. The molecule has 0 saturated heterocycles. The lowest BCUT2D eigenvalue weighted by atomic mass is 9.88. The van der Waals surface area contributed by atoms with Crippen LogP contribution in [0.1, 0.15) is 50.3 Å². The highest BCUT2D eigenvalue weighted by atomic mass is 16.5. The lowest BCUT2D eigenvalue weighted by Crippen LogP contribution is -2.13. The Bertz CT molecular complexity index is 891. The van der Waals surface area contributed by atoms with Crippen LogP contribution in [0.25, 0.3) is 5.57 Å². The van der Waals surface area contributed by atoms with Crippen molar-refractivity contribution in [3.8, 4) is 5.75 Å². The zero-order chi connectivity index (χ0) is 19.6. The molecule has 0 saturated carbocycles. The van der Waals surface area contributed by atoms with E-state index in [-0.39, 0.29) is 0 Å². The summed E-state index contributed by atoms with van der Waals surface area (Å²) in [5, 5.41) is 0. The molecule has 0 aromatic heterocycles. The van der Waals surface area contributed by atoms with Crippen molar-refractivity contribution in [2.45, 2.75) is 47.0 Å². The Balaban J connectivity index is 2.15. The van der Waals surface area contributed by atoms with Gasteiger partial charge in [-0.05, 0) is 73.1 Å². The summed E-state index contributed by atoms with van der Waals surface area (Å²) < 4.78 is 6.57. The number of allylic oxidation sites excluding steroid dienone is 7. The first-order valence-corrected chi connectivity index (χ1v) is 9.93. The van der Waals surface area contributed by atoms with Crippen molar-refractivity contribution in [1.29, 1.82) is 0 Å². The van der Waals surface area contributed by atoms with Gasteiger partial charge >= 0.3 is 0 Å². The van der Waals surface area contributed by atoms with Crippen LogP contribution in [0.4, 0.5) is 0 Å². The first-order valence-electron chi connectivity index (χ1n) is 9.93. The van der Waals surface area contributed by atoms with E-state index >= 15 is 0 Å². The average molecular weight is 362 g/mol. The molecule has 1 aliphatic heterocycles. The van der Waals surface area contributed by atoms with Gasteiger partial charge in [-0.1, -0.05) is 38.1 Å². The Morgan fingerprint density at radius 2 is 1.93 bits per heavy atom. The van der Waals surface area contributed by atoms with Gasteiger partial charge < -0.3 is 9.64 Å². The van der Waals surface area contributed by atoms with Gasteiger partial charge in [-0.25, -0.2) is 0 Å². The monoisotopic (exact) mass is 361 g/mol. The predicted octanol–water partition coefficient (Wildman–Crippen LogP) is 6.35. The molecule has 1 heterocycles. The number of aryl methyl sites for hydroxylation is 2. The van der Waals surface area contributed by atoms with Crippen molar-refractivity contribution in [3.05, 3.63) is 81.8 Å².